The summed E-state index contributed by atoms with van der Waals surface area (Å²) >= 11 is 0. The van der Waals surface area contributed by atoms with Gasteiger partial charge in [0.25, 0.3) is 0 Å². The Morgan fingerprint density at radius 2 is 1.94 bits per heavy atom. The Morgan fingerprint density at radius 3 is 2.62 bits per heavy atom. The summed E-state index contributed by atoms with van der Waals surface area (Å²) in [5.74, 6) is -0.590. The fourth-order valence-corrected chi connectivity index (χ4v) is 4.10. The molecule has 0 radical (unpaired) electrons. The summed E-state index contributed by atoms with van der Waals surface area (Å²) in [6, 6.07) is 5.81. The summed E-state index contributed by atoms with van der Waals surface area (Å²) in [5, 5.41) is 0.523. The second kappa shape index (κ2) is 11.0. The van der Waals surface area contributed by atoms with E-state index in [1.807, 2.05) is 50.5 Å². The molecule has 34 heavy (non-hydrogen) atoms. The van der Waals surface area contributed by atoms with Crippen molar-refractivity contribution in [2.45, 2.75) is 72.1 Å². The lowest BCUT2D eigenvalue weighted by atomic mass is 10.0. The molecule has 1 aromatic heterocycles. The number of aromatic nitrogens is 1. The second-order valence-electron chi connectivity index (χ2n) is 9.54. The average molecular weight is 473 g/mol. The number of carbonyl (C=O) groups is 2. The minimum atomic E-state index is -0.590. The van der Waals surface area contributed by atoms with Crippen molar-refractivity contribution in [3.63, 3.8) is 0 Å². The topological polar surface area (TPSA) is 87.1 Å². The van der Waals surface area contributed by atoms with Crippen molar-refractivity contribution in [2.24, 2.45) is 0 Å². The zero-order valence-corrected chi connectivity index (χ0v) is 20.9. The first-order chi connectivity index (χ1) is 16.1. The van der Waals surface area contributed by atoms with Crippen molar-refractivity contribution in [1.29, 1.82) is 0 Å². The number of benzene rings is 1. The molecule has 1 saturated heterocycles. The number of pyridine rings is 1. The predicted molar refractivity (Wildman–Crippen MR) is 130 cm³/mol. The van der Waals surface area contributed by atoms with E-state index in [1.165, 1.54) is 0 Å². The molecule has 0 unspecified atom stereocenters. The molecular formula is C26H36N2O6. The van der Waals surface area contributed by atoms with E-state index < -0.39 is 11.6 Å². The quantitative estimate of drug-likeness (QED) is 0.424. The standard InChI is InChI=1S/C26H36N2O6/c1-6-27-17-21(24(30)32-7-2)23(29)20-15-18(10-11-22(20)27)9-8-14-33-19-12-13-28(16-19)25(31)34-26(3,4)5/h10-11,15,17,19H,6-9,12-14,16H2,1-5H3/t19-/m1/s1. The van der Waals surface area contributed by atoms with Gasteiger partial charge >= 0.3 is 12.1 Å². The van der Waals surface area contributed by atoms with Crippen LogP contribution in [0.4, 0.5) is 4.79 Å². The Kier molecular flexibility index (Phi) is 8.36. The minimum absolute atomic E-state index is 0.00742. The number of hydrogen-bond acceptors (Lipinski definition) is 6. The summed E-state index contributed by atoms with van der Waals surface area (Å²) in [5.41, 5.74) is 1.07. The van der Waals surface area contributed by atoms with Crippen LogP contribution in [0.1, 0.15) is 63.4 Å². The zero-order chi connectivity index (χ0) is 24.9. The smallest absolute Gasteiger partial charge is 0.410 e. The number of amides is 1. The van der Waals surface area contributed by atoms with Crippen LogP contribution in [-0.4, -0.2) is 59.5 Å². The molecule has 0 bridgehead atoms. The Balaban J connectivity index is 1.59. The van der Waals surface area contributed by atoms with Crippen LogP contribution in [0.15, 0.2) is 29.2 Å². The number of rotatable bonds is 8. The lowest BCUT2D eigenvalue weighted by molar-refractivity contribution is 0.0208. The van der Waals surface area contributed by atoms with Gasteiger partial charge < -0.3 is 23.7 Å². The molecule has 0 spiro atoms. The summed E-state index contributed by atoms with van der Waals surface area (Å²) in [4.78, 5) is 39.1. The van der Waals surface area contributed by atoms with Gasteiger partial charge in [-0.15, -0.1) is 0 Å². The highest BCUT2D eigenvalue weighted by Gasteiger charge is 2.30. The van der Waals surface area contributed by atoms with E-state index in [0.717, 1.165) is 30.3 Å². The third-order valence-electron chi connectivity index (χ3n) is 5.74. The fourth-order valence-electron chi connectivity index (χ4n) is 4.10. The highest BCUT2D eigenvalue weighted by molar-refractivity contribution is 5.93. The van der Waals surface area contributed by atoms with E-state index in [0.29, 0.717) is 31.6 Å². The first kappa shape index (κ1) is 25.7. The highest BCUT2D eigenvalue weighted by Crippen LogP contribution is 2.19. The molecule has 1 aromatic carbocycles. The Morgan fingerprint density at radius 1 is 1.18 bits per heavy atom. The third kappa shape index (κ3) is 6.38. The Labute approximate surface area is 200 Å². The molecule has 0 saturated carbocycles. The van der Waals surface area contributed by atoms with Gasteiger partial charge in [-0.2, -0.15) is 0 Å². The first-order valence-corrected chi connectivity index (χ1v) is 12.1. The Bertz CT molecular complexity index is 1090. The van der Waals surface area contributed by atoms with Crippen LogP contribution in [0.25, 0.3) is 10.9 Å². The van der Waals surface area contributed by atoms with Gasteiger partial charge in [0.15, 0.2) is 0 Å². The minimum Gasteiger partial charge on any atom is -0.462 e. The number of likely N-dealkylation sites (tertiary alicyclic amines) is 1. The van der Waals surface area contributed by atoms with E-state index in [4.69, 9.17) is 14.2 Å². The molecule has 1 fully saturated rings. The normalized spacial score (nSPS) is 16.1. The number of nitrogens with zero attached hydrogens (tertiary/aromatic N) is 2. The molecule has 8 nitrogen and oxygen atoms in total. The Hall–Kier alpha value is -2.87. The summed E-state index contributed by atoms with van der Waals surface area (Å²) in [6.45, 7) is 11.9. The maximum atomic E-state index is 13.0. The number of ether oxygens (including phenoxy) is 3. The molecule has 1 atom stereocenters. The van der Waals surface area contributed by atoms with Gasteiger partial charge in [0, 0.05) is 31.3 Å². The second-order valence-corrected chi connectivity index (χ2v) is 9.54. The van der Waals surface area contributed by atoms with Crippen molar-refractivity contribution < 1.29 is 23.8 Å². The number of fused-ring (bicyclic) bond motifs is 1. The van der Waals surface area contributed by atoms with Gasteiger partial charge in [-0.3, -0.25) is 4.79 Å². The van der Waals surface area contributed by atoms with E-state index in [-0.39, 0.29) is 29.8 Å². The predicted octanol–water partition coefficient (Wildman–Crippen LogP) is 4.16. The summed E-state index contributed by atoms with van der Waals surface area (Å²) in [6.07, 6.45) is 3.62. The number of esters is 1. The lowest BCUT2D eigenvalue weighted by Crippen LogP contribution is -2.36. The summed E-state index contributed by atoms with van der Waals surface area (Å²) in [7, 11) is 0. The van der Waals surface area contributed by atoms with Crippen LogP contribution in [0.3, 0.4) is 0 Å². The van der Waals surface area contributed by atoms with Crippen molar-refractivity contribution in [1.82, 2.24) is 9.47 Å². The molecule has 2 aromatic rings. The maximum Gasteiger partial charge on any atom is 0.410 e. The van der Waals surface area contributed by atoms with Crippen LogP contribution in [0, 0.1) is 0 Å². The third-order valence-corrected chi connectivity index (χ3v) is 5.74. The molecule has 8 heteroatoms. The molecular weight excluding hydrogens is 436 g/mol. The lowest BCUT2D eigenvalue weighted by Gasteiger charge is -2.24. The van der Waals surface area contributed by atoms with Gasteiger partial charge in [0.1, 0.15) is 11.2 Å². The number of aryl methyl sites for hydroxylation is 2. The molecule has 1 aliphatic heterocycles. The van der Waals surface area contributed by atoms with Gasteiger partial charge in [-0.25, -0.2) is 9.59 Å². The van der Waals surface area contributed by atoms with E-state index >= 15 is 0 Å². The van der Waals surface area contributed by atoms with Crippen LogP contribution >= 0.6 is 0 Å². The van der Waals surface area contributed by atoms with E-state index in [9.17, 15) is 14.4 Å². The fraction of sp³-hybridized carbons (Fsp3) is 0.577. The van der Waals surface area contributed by atoms with Crippen LogP contribution in [0.2, 0.25) is 0 Å². The van der Waals surface area contributed by atoms with E-state index in [1.54, 1.807) is 18.0 Å². The molecule has 2 heterocycles. The number of carbonyl (C=O) groups excluding carboxylic acids is 2. The van der Waals surface area contributed by atoms with Gasteiger partial charge in [0.05, 0.1) is 24.8 Å². The van der Waals surface area contributed by atoms with Gasteiger partial charge in [-0.1, -0.05) is 6.07 Å². The largest absolute Gasteiger partial charge is 0.462 e. The first-order valence-electron chi connectivity index (χ1n) is 12.1. The molecule has 3 rings (SSSR count). The average Bonchev–Trinajstić information content (AvgIpc) is 3.25. The van der Waals surface area contributed by atoms with Crippen molar-refractivity contribution >= 4 is 23.0 Å². The summed E-state index contributed by atoms with van der Waals surface area (Å²) < 4.78 is 18.4. The van der Waals surface area contributed by atoms with Crippen LogP contribution in [0.5, 0.6) is 0 Å². The van der Waals surface area contributed by atoms with Crippen molar-refractivity contribution in [2.75, 3.05) is 26.3 Å². The SMILES string of the molecule is CCOC(=O)c1cn(CC)c2ccc(CCCO[C@@H]3CCN(C(=O)OC(C)(C)C)C3)cc2c1=O. The van der Waals surface area contributed by atoms with E-state index in [2.05, 4.69) is 0 Å². The molecule has 1 amide bonds. The molecule has 1 aliphatic rings. The van der Waals surface area contributed by atoms with Crippen LogP contribution < -0.4 is 5.43 Å². The molecule has 0 aliphatic carbocycles. The molecule has 0 N–H and O–H groups in total. The van der Waals surface area contributed by atoms with Crippen molar-refractivity contribution in [3.8, 4) is 0 Å². The van der Waals surface area contributed by atoms with Crippen LogP contribution in [-0.2, 0) is 27.2 Å². The maximum absolute atomic E-state index is 13.0. The molecule has 186 valence electrons. The monoisotopic (exact) mass is 472 g/mol. The van der Waals surface area contributed by atoms with Gasteiger partial charge in [-0.05, 0) is 71.6 Å². The highest BCUT2D eigenvalue weighted by atomic mass is 16.6. The zero-order valence-electron chi connectivity index (χ0n) is 20.9. The van der Waals surface area contributed by atoms with Crippen molar-refractivity contribution in [3.05, 3.63) is 45.7 Å². The number of hydrogen-bond donors (Lipinski definition) is 0. The van der Waals surface area contributed by atoms with Gasteiger partial charge in [0.2, 0.25) is 5.43 Å².